The van der Waals surface area contributed by atoms with Gasteiger partial charge in [-0.25, -0.2) is 19.6 Å². The molecular weight excluding hydrogens is 805 g/mol. The van der Waals surface area contributed by atoms with E-state index in [2.05, 4.69) is 16.0 Å². The van der Waals surface area contributed by atoms with Crippen molar-refractivity contribution in [1.29, 1.82) is 0 Å². The van der Waals surface area contributed by atoms with Crippen LogP contribution in [0.4, 0.5) is 9.93 Å². The molecule has 1 aliphatic heterocycles. The van der Waals surface area contributed by atoms with Gasteiger partial charge >= 0.3 is 12.1 Å². The number of ether oxygens (including phenoxy) is 6. The number of nitrogens with one attached hydrogen (secondary N) is 3. The monoisotopic (exact) mass is 864 g/mol. The van der Waals surface area contributed by atoms with Gasteiger partial charge in [0.15, 0.2) is 11.4 Å². The van der Waals surface area contributed by atoms with Gasteiger partial charge in [0.2, 0.25) is 11.8 Å². The molecule has 4 aliphatic rings. The zero-order valence-electron chi connectivity index (χ0n) is 36.6. The smallest absolute Gasteiger partial charge is 0.408 e. The molecule has 3 amide bonds. The van der Waals surface area contributed by atoms with Gasteiger partial charge in [0.25, 0.3) is 0 Å². The number of nitrogens with zero attached hydrogens (tertiary/aromatic N) is 3. The lowest BCUT2D eigenvalue weighted by Gasteiger charge is -2.35. The van der Waals surface area contributed by atoms with Crippen molar-refractivity contribution in [3.8, 4) is 22.9 Å². The first-order valence-corrected chi connectivity index (χ1v) is 22.1. The maximum Gasteiger partial charge on any atom is 0.408 e. The van der Waals surface area contributed by atoms with Crippen molar-refractivity contribution in [2.75, 3.05) is 39.8 Å². The minimum atomic E-state index is -1.18. The SMILES string of the molecule is CC[C@@H]1C[C@]1(NC(=O)[C@@H]1C[C@@H](Oc2cc(-c3csc(NC(C)C)n3)nc3cc(OCC(OC)OC)ccc23)CN1C(=O)[C@@H](NC(=O)OC1C[C@@H]2C[C@@H]2C1)C(C)(C)C)C(=O)OC. The van der Waals surface area contributed by atoms with Crippen molar-refractivity contribution in [1.82, 2.24) is 25.5 Å². The molecule has 4 fully saturated rings. The summed E-state index contributed by atoms with van der Waals surface area (Å²) in [7, 11) is 4.37. The molecule has 0 spiro atoms. The number of benzene rings is 1. The highest BCUT2D eigenvalue weighted by Gasteiger charge is 2.62. The number of carbonyl (C=O) groups excluding carboxylic acids is 4. The van der Waals surface area contributed by atoms with Crippen LogP contribution in [0.5, 0.6) is 11.5 Å². The number of esters is 1. The molecular formula is C44H60N6O10S. The molecule has 3 N–H and O–H groups in total. The largest absolute Gasteiger partial charge is 0.488 e. The fourth-order valence-electron chi connectivity index (χ4n) is 8.79. The Bertz CT molecular complexity index is 2090. The van der Waals surface area contributed by atoms with E-state index in [1.807, 2.05) is 59.1 Å². The number of aromatic nitrogens is 2. The van der Waals surface area contributed by atoms with Crippen LogP contribution in [0.15, 0.2) is 29.6 Å². The van der Waals surface area contributed by atoms with E-state index in [0.29, 0.717) is 58.5 Å². The van der Waals surface area contributed by atoms with E-state index < -0.39 is 59.3 Å². The van der Waals surface area contributed by atoms with Gasteiger partial charge in [0, 0.05) is 49.6 Å². The van der Waals surface area contributed by atoms with Crippen molar-refractivity contribution < 1.29 is 47.6 Å². The second-order valence-electron chi connectivity index (χ2n) is 18.2. The van der Waals surface area contributed by atoms with Crippen molar-refractivity contribution in [3.63, 3.8) is 0 Å². The lowest BCUT2D eigenvalue weighted by atomic mass is 9.85. The second-order valence-corrected chi connectivity index (χ2v) is 19.0. The summed E-state index contributed by atoms with van der Waals surface area (Å²) in [5.41, 5.74) is -0.189. The van der Waals surface area contributed by atoms with Gasteiger partial charge in [-0.05, 0) is 74.8 Å². The molecule has 61 heavy (non-hydrogen) atoms. The van der Waals surface area contributed by atoms with Crippen LogP contribution in [0.2, 0.25) is 0 Å². The van der Waals surface area contributed by atoms with Crippen LogP contribution >= 0.6 is 11.3 Å². The highest BCUT2D eigenvalue weighted by molar-refractivity contribution is 7.14. The number of fused-ring (bicyclic) bond motifs is 2. The molecule has 0 radical (unpaired) electrons. The normalized spacial score (nSPS) is 25.9. The summed E-state index contributed by atoms with van der Waals surface area (Å²) < 4.78 is 34.4. The number of rotatable bonds is 17. The van der Waals surface area contributed by atoms with E-state index in [9.17, 15) is 19.2 Å². The summed E-state index contributed by atoms with van der Waals surface area (Å²) >= 11 is 1.46. The molecule has 16 nitrogen and oxygen atoms in total. The number of carbonyl (C=O) groups is 4. The average molecular weight is 865 g/mol. The first-order valence-electron chi connectivity index (χ1n) is 21.3. The molecule has 7 rings (SSSR count). The number of pyridine rings is 1. The Morgan fingerprint density at radius 1 is 0.967 bits per heavy atom. The Balaban J connectivity index is 1.20. The zero-order chi connectivity index (χ0) is 43.8. The summed E-state index contributed by atoms with van der Waals surface area (Å²) in [6.07, 6.45) is 1.96. The minimum absolute atomic E-state index is 0.0174. The Hall–Kier alpha value is -4.74. The predicted octanol–water partition coefficient (Wildman–Crippen LogP) is 5.92. The molecule has 332 valence electrons. The number of likely N-dealkylation sites (tertiary alicyclic amines) is 1. The third-order valence-electron chi connectivity index (χ3n) is 12.3. The number of hydrogen-bond donors (Lipinski definition) is 3. The standard InChI is InChI=1S/C44H60N6O10S/c1-10-26-19-44(26,40(53)57-9)49-38(51)34-17-29(20-50(34)39(52)37(43(4,5)6)48-42(54)60-28-14-24-13-25(24)15-28)59-35-18-32(33-22-61-41(47-33)45-23(2)3)46-31-16-27(11-12-30(31)35)58-21-36(55-7)56-8/h11-12,16,18,22-26,28-29,34,36-37H,10,13-15,17,19-21H2,1-9H3,(H,45,47)(H,48,54)(H,49,51)/t24-,25+,26-,28?,29-,34+,37-,44-/m1/s1. The maximum absolute atomic E-state index is 14.8. The van der Waals surface area contributed by atoms with Crippen LogP contribution < -0.4 is 25.4 Å². The van der Waals surface area contributed by atoms with Gasteiger partial charge in [0.1, 0.15) is 53.6 Å². The summed E-state index contributed by atoms with van der Waals surface area (Å²) in [6, 6.07) is 5.36. The van der Waals surface area contributed by atoms with E-state index in [4.69, 9.17) is 38.4 Å². The number of methoxy groups -OCH3 is 3. The summed E-state index contributed by atoms with van der Waals surface area (Å²) in [5, 5.41) is 12.5. The van der Waals surface area contributed by atoms with Gasteiger partial charge in [-0.2, -0.15) is 0 Å². The summed E-state index contributed by atoms with van der Waals surface area (Å²) in [6.45, 7) is 11.8. The maximum atomic E-state index is 14.8. The highest BCUT2D eigenvalue weighted by atomic mass is 32.1. The Morgan fingerprint density at radius 2 is 1.70 bits per heavy atom. The number of thiazole rings is 1. The van der Waals surface area contributed by atoms with Crippen LogP contribution in [0, 0.1) is 23.2 Å². The molecule has 3 heterocycles. The molecule has 1 saturated heterocycles. The number of amides is 3. The Labute approximate surface area is 361 Å². The van der Waals surface area contributed by atoms with Gasteiger partial charge in [-0.15, -0.1) is 11.3 Å². The number of hydrogen-bond acceptors (Lipinski definition) is 14. The molecule has 3 aromatic rings. The molecule has 17 heteroatoms. The highest BCUT2D eigenvalue weighted by Crippen LogP contribution is 2.52. The first-order chi connectivity index (χ1) is 29.0. The molecule has 1 unspecified atom stereocenters. The fraction of sp³-hybridized carbons (Fsp3) is 0.636. The van der Waals surface area contributed by atoms with Crippen molar-refractivity contribution >= 4 is 51.2 Å². The molecule has 1 aromatic carbocycles. The fourth-order valence-corrected chi connectivity index (χ4v) is 9.64. The first kappa shape index (κ1) is 44.3. The quantitative estimate of drug-likeness (QED) is 0.107. The summed E-state index contributed by atoms with van der Waals surface area (Å²) in [4.78, 5) is 66.9. The van der Waals surface area contributed by atoms with Crippen molar-refractivity contribution in [2.45, 2.75) is 122 Å². The average Bonchev–Trinajstić information content (AvgIpc) is 3.88. The topological polar surface area (TPSA) is 189 Å². The molecule has 2 aromatic heterocycles. The van der Waals surface area contributed by atoms with Crippen molar-refractivity contribution in [3.05, 3.63) is 29.6 Å². The number of anilines is 1. The number of alkyl carbamates (subject to hydrolysis) is 1. The van der Waals surface area contributed by atoms with Gasteiger partial charge in [0.05, 0.1) is 24.9 Å². The third-order valence-corrected chi connectivity index (χ3v) is 13.1. The predicted molar refractivity (Wildman–Crippen MR) is 228 cm³/mol. The van der Waals surface area contributed by atoms with Crippen LogP contribution in [0.1, 0.15) is 80.1 Å². The van der Waals surface area contributed by atoms with E-state index in [-0.39, 0.29) is 37.6 Å². The third kappa shape index (κ3) is 9.83. The van der Waals surface area contributed by atoms with Crippen LogP contribution in [-0.4, -0.2) is 115 Å². The lowest BCUT2D eigenvalue weighted by Crippen LogP contribution is -2.59. The van der Waals surface area contributed by atoms with Gasteiger partial charge in [-0.3, -0.25) is 9.59 Å². The zero-order valence-corrected chi connectivity index (χ0v) is 37.4. The molecule has 8 atom stereocenters. The Morgan fingerprint density at radius 3 is 2.34 bits per heavy atom. The van der Waals surface area contributed by atoms with E-state index >= 15 is 0 Å². The van der Waals surface area contributed by atoms with E-state index in [1.54, 1.807) is 12.1 Å². The van der Waals surface area contributed by atoms with Crippen molar-refractivity contribution in [2.24, 2.45) is 23.2 Å². The lowest BCUT2D eigenvalue weighted by molar-refractivity contribution is -0.148. The van der Waals surface area contributed by atoms with Crippen LogP contribution in [0.25, 0.3) is 22.3 Å². The minimum Gasteiger partial charge on any atom is -0.488 e. The Kier molecular flexibility index (Phi) is 13.0. The second kappa shape index (κ2) is 17.9. The summed E-state index contributed by atoms with van der Waals surface area (Å²) in [5.74, 6) is 0.638. The molecule has 3 aliphatic carbocycles. The van der Waals surface area contributed by atoms with Crippen LogP contribution in [0.3, 0.4) is 0 Å². The van der Waals surface area contributed by atoms with E-state index in [0.717, 1.165) is 18.0 Å². The molecule has 3 saturated carbocycles. The molecule has 0 bridgehead atoms. The van der Waals surface area contributed by atoms with Gasteiger partial charge < -0.3 is 49.3 Å². The van der Waals surface area contributed by atoms with Crippen LogP contribution in [-0.2, 0) is 33.3 Å². The van der Waals surface area contributed by atoms with Gasteiger partial charge in [-0.1, -0.05) is 34.1 Å². The van der Waals surface area contributed by atoms with E-state index in [1.165, 1.54) is 44.0 Å².